The number of hydrogen-bond acceptors (Lipinski definition) is 2. The van der Waals surface area contributed by atoms with E-state index in [1.54, 1.807) is 16.8 Å². The molecule has 0 aliphatic heterocycles. The topological polar surface area (TPSA) is 41.6 Å². The van der Waals surface area contributed by atoms with Gasteiger partial charge in [0.05, 0.1) is 6.54 Å². The Hall–Kier alpha value is -2.15. The van der Waals surface area contributed by atoms with E-state index in [-0.39, 0.29) is 5.82 Å². The van der Waals surface area contributed by atoms with Crippen molar-refractivity contribution in [1.82, 2.24) is 9.78 Å². The third-order valence-corrected chi connectivity index (χ3v) is 3.64. The maximum absolute atomic E-state index is 13.7. The molecule has 3 nitrogen and oxygen atoms in total. The third-order valence-electron chi connectivity index (χ3n) is 3.64. The minimum absolute atomic E-state index is 0.221. The minimum atomic E-state index is -0.221. The molecule has 0 fully saturated rings. The van der Waals surface area contributed by atoms with Crippen LogP contribution in [-0.2, 0) is 19.4 Å². The van der Waals surface area contributed by atoms with E-state index >= 15 is 0 Å². The normalized spacial score (nSPS) is 13.9. The predicted molar refractivity (Wildman–Crippen MR) is 69.1 cm³/mol. The van der Waals surface area contributed by atoms with E-state index in [9.17, 15) is 4.39 Å². The number of rotatable bonds is 2. The standard InChI is InChI=1S/C15H14FN3/c16-13-7-3-1-5-11(13)10-19-15-8-4-2-6-12(15)14(9-17)18-19/h1,3,5,7H,2,4,6,8,10H2. The fourth-order valence-corrected chi connectivity index (χ4v) is 2.68. The molecule has 0 spiro atoms. The van der Waals surface area contributed by atoms with Crippen molar-refractivity contribution in [3.05, 3.63) is 52.6 Å². The highest BCUT2D eigenvalue weighted by Crippen LogP contribution is 2.25. The average molecular weight is 255 g/mol. The number of nitrogens with zero attached hydrogens (tertiary/aromatic N) is 3. The van der Waals surface area contributed by atoms with Gasteiger partial charge in [0.15, 0.2) is 5.69 Å². The molecule has 19 heavy (non-hydrogen) atoms. The third kappa shape index (κ3) is 2.12. The average Bonchev–Trinajstić information content (AvgIpc) is 2.80. The van der Waals surface area contributed by atoms with Gasteiger partial charge in [-0.3, -0.25) is 4.68 Å². The number of hydrogen-bond donors (Lipinski definition) is 0. The van der Waals surface area contributed by atoms with Crippen molar-refractivity contribution in [1.29, 1.82) is 5.26 Å². The molecule has 0 saturated carbocycles. The van der Waals surface area contributed by atoms with Gasteiger partial charge in [0.1, 0.15) is 11.9 Å². The Morgan fingerprint density at radius 2 is 2.05 bits per heavy atom. The molecule has 0 atom stereocenters. The molecule has 0 radical (unpaired) electrons. The molecule has 1 aliphatic carbocycles. The first-order valence-electron chi connectivity index (χ1n) is 6.51. The van der Waals surface area contributed by atoms with Gasteiger partial charge in [0.2, 0.25) is 0 Å². The van der Waals surface area contributed by atoms with Crippen LogP contribution >= 0.6 is 0 Å². The van der Waals surface area contributed by atoms with E-state index in [2.05, 4.69) is 11.2 Å². The zero-order valence-corrected chi connectivity index (χ0v) is 10.6. The summed E-state index contributed by atoms with van der Waals surface area (Å²) in [5.41, 5.74) is 3.28. The highest BCUT2D eigenvalue weighted by molar-refractivity contribution is 5.37. The summed E-state index contributed by atoms with van der Waals surface area (Å²) < 4.78 is 15.5. The van der Waals surface area contributed by atoms with E-state index in [1.807, 2.05) is 6.07 Å². The first kappa shape index (κ1) is 11.9. The van der Waals surface area contributed by atoms with Crippen molar-refractivity contribution in [2.75, 3.05) is 0 Å². The molecule has 1 aromatic heterocycles. The summed E-state index contributed by atoms with van der Waals surface area (Å²) in [5.74, 6) is -0.221. The summed E-state index contributed by atoms with van der Waals surface area (Å²) >= 11 is 0. The molecule has 0 amide bonds. The molecule has 1 aromatic carbocycles. The van der Waals surface area contributed by atoms with Gasteiger partial charge in [-0.05, 0) is 31.7 Å². The van der Waals surface area contributed by atoms with Gasteiger partial charge in [-0.15, -0.1) is 0 Å². The number of benzene rings is 1. The smallest absolute Gasteiger partial charge is 0.165 e. The molecule has 96 valence electrons. The van der Waals surface area contributed by atoms with Gasteiger partial charge in [-0.1, -0.05) is 18.2 Å². The Balaban J connectivity index is 2.00. The maximum atomic E-state index is 13.7. The van der Waals surface area contributed by atoms with Crippen LogP contribution < -0.4 is 0 Å². The number of nitriles is 1. The van der Waals surface area contributed by atoms with Crippen molar-refractivity contribution >= 4 is 0 Å². The Kier molecular flexibility index (Phi) is 3.04. The highest BCUT2D eigenvalue weighted by Gasteiger charge is 2.21. The molecule has 4 heteroatoms. The van der Waals surface area contributed by atoms with Crippen molar-refractivity contribution in [2.24, 2.45) is 0 Å². The van der Waals surface area contributed by atoms with Gasteiger partial charge in [0.25, 0.3) is 0 Å². The van der Waals surface area contributed by atoms with Crippen LogP contribution in [0.4, 0.5) is 4.39 Å². The van der Waals surface area contributed by atoms with Crippen LogP contribution in [0.25, 0.3) is 0 Å². The Labute approximate surface area is 111 Å². The second-order valence-electron chi connectivity index (χ2n) is 4.84. The molecule has 0 bridgehead atoms. The van der Waals surface area contributed by atoms with Crippen LogP contribution in [0.5, 0.6) is 0 Å². The van der Waals surface area contributed by atoms with E-state index in [1.165, 1.54) is 6.07 Å². The second-order valence-corrected chi connectivity index (χ2v) is 4.84. The Morgan fingerprint density at radius 3 is 2.84 bits per heavy atom. The van der Waals surface area contributed by atoms with E-state index in [4.69, 9.17) is 5.26 Å². The predicted octanol–water partition coefficient (Wildman–Crippen LogP) is 2.82. The Bertz CT molecular complexity index is 652. The van der Waals surface area contributed by atoms with E-state index < -0.39 is 0 Å². The van der Waals surface area contributed by atoms with Gasteiger partial charge in [-0.2, -0.15) is 10.4 Å². The summed E-state index contributed by atoms with van der Waals surface area (Å²) in [7, 11) is 0. The van der Waals surface area contributed by atoms with Crippen molar-refractivity contribution < 1.29 is 4.39 Å². The SMILES string of the molecule is N#Cc1nn(Cc2ccccc2F)c2c1CCCC2. The minimum Gasteiger partial charge on any atom is -0.263 e. The van der Waals surface area contributed by atoms with Crippen molar-refractivity contribution in [2.45, 2.75) is 32.2 Å². The largest absolute Gasteiger partial charge is 0.263 e. The lowest BCUT2D eigenvalue weighted by Crippen LogP contribution is -2.11. The maximum Gasteiger partial charge on any atom is 0.165 e. The van der Waals surface area contributed by atoms with Crippen molar-refractivity contribution in [3.8, 4) is 6.07 Å². The fourth-order valence-electron chi connectivity index (χ4n) is 2.68. The molecule has 3 rings (SSSR count). The van der Waals surface area contributed by atoms with Gasteiger partial charge in [-0.25, -0.2) is 4.39 Å². The molecule has 0 N–H and O–H groups in total. The summed E-state index contributed by atoms with van der Waals surface area (Å²) in [6.45, 7) is 0.399. The van der Waals surface area contributed by atoms with Gasteiger partial charge >= 0.3 is 0 Å². The monoisotopic (exact) mass is 255 g/mol. The molecular formula is C15H14FN3. The quantitative estimate of drug-likeness (QED) is 0.828. The zero-order chi connectivity index (χ0) is 13.2. The molecule has 0 unspecified atom stereocenters. The fraction of sp³-hybridized carbons (Fsp3) is 0.333. The van der Waals surface area contributed by atoms with Crippen LogP contribution in [0.15, 0.2) is 24.3 Å². The van der Waals surface area contributed by atoms with Crippen molar-refractivity contribution in [3.63, 3.8) is 0 Å². The van der Waals surface area contributed by atoms with Gasteiger partial charge in [0, 0.05) is 16.8 Å². The van der Waals surface area contributed by atoms with Gasteiger partial charge < -0.3 is 0 Å². The first-order chi connectivity index (χ1) is 9.29. The molecule has 2 aromatic rings. The second kappa shape index (κ2) is 4.85. The molecule has 1 heterocycles. The van der Waals surface area contributed by atoms with Crippen LogP contribution in [0.2, 0.25) is 0 Å². The Morgan fingerprint density at radius 1 is 1.26 bits per heavy atom. The first-order valence-corrected chi connectivity index (χ1v) is 6.51. The van der Waals surface area contributed by atoms with E-state index in [0.717, 1.165) is 36.9 Å². The summed E-state index contributed by atoms with van der Waals surface area (Å²) in [6.07, 6.45) is 4.06. The lowest BCUT2D eigenvalue weighted by atomic mass is 9.96. The number of aromatic nitrogens is 2. The number of fused-ring (bicyclic) bond motifs is 1. The van der Waals surface area contributed by atoms with Crippen LogP contribution in [-0.4, -0.2) is 9.78 Å². The zero-order valence-electron chi connectivity index (χ0n) is 10.6. The van der Waals surface area contributed by atoms with E-state index in [0.29, 0.717) is 17.8 Å². The lowest BCUT2D eigenvalue weighted by molar-refractivity contribution is 0.560. The van der Waals surface area contributed by atoms with Crippen LogP contribution in [0.3, 0.4) is 0 Å². The molecule has 0 saturated heterocycles. The highest BCUT2D eigenvalue weighted by atomic mass is 19.1. The lowest BCUT2D eigenvalue weighted by Gasteiger charge is -2.14. The summed E-state index contributed by atoms with van der Waals surface area (Å²) in [6, 6.07) is 8.86. The molecular weight excluding hydrogens is 241 g/mol. The number of halogens is 1. The van der Waals surface area contributed by atoms with Crippen LogP contribution in [0.1, 0.15) is 35.4 Å². The summed E-state index contributed by atoms with van der Waals surface area (Å²) in [4.78, 5) is 0. The summed E-state index contributed by atoms with van der Waals surface area (Å²) in [5, 5.41) is 13.5. The van der Waals surface area contributed by atoms with Crippen LogP contribution in [0, 0.1) is 17.1 Å². The molecule has 1 aliphatic rings.